The molecule has 2 aliphatic rings. The summed E-state index contributed by atoms with van der Waals surface area (Å²) in [6, 6.07) is 21.1. The lowest BCUT2D eigenvalue weighted by molar-refractivity contribution is -0.0406. The van der Waals surface area contributed by atoms with E-state index in [1.54, 1.807) is 4.57 Å². The Balaban J connectivity index is 1.34. The Morgan fingerprint density at radius 1 is 0.968 bits per heavy atom. The molecule has 0 bridgehead atoms. The third-order valence-electron chi connectivity index (χ3n) is 6.01. The van der Waals surface area contributed by atoms with Crippen LogP contribution in [0.4, 0.5) is 0 Å². The average Bonchev–Trinajstić information content (AvgIpc) is 3.29. The van der Waals surface area contributed by atoms with E-state index in [1.807, 2.05) is 60.7 Å². The van der Waals surface area contributed by atoms with Gasteiger partial charge in [0.25, 0.3) is 5.56 Å². The zero-order chi connectivity index (χ0) is 21.2. The molecule has 1 saturated carbocycles. The number of ether oxygens (including phenoxy) is 3. The van der Waals surface area contributed by atoms with E-state index in [9.17, 15) is 9.59 Å². The lowest BCUT2D eigenvalue weighted by atomic mass is 10.0. The number of rotatable bonds is 7. The van der Waals surface area contributed by atoms with Crippen LogP contribution in [0, 0.1) is 5.92 Å². The van der Waals surface area contributed by atoms with Gasteiger partial charge in [-0.1, -0.05) is 60.7 Å². The number of hydrogen-bond acceptors (Lipinski definition) is 5. The maximum absolute atomic E-state index is 12.4. The first-order valence-corrected chi connectivity index (χ1v) is 10.5. The van der Waals surface area contributed by atoms with Crippen molar-refractivity contribution in [2.45, 2.75) is 37.9 Å². The minimum absolute atomic E-state index is 0.0631. The van der Waals surface area contributed by atoms with Gasteiger partial charge in [-0.15, -0.1) is 0 Å². The Bertz CT molecular complexity index is 1140. The summed E-state index contributed by atoms with van der Waals surface area (Å²) in [6.45, 7) is 1.41. The predicted molar refractivity (Wildman–Crippen MR) is 114 cm³/mol. The molecule has 2 aromatic carbocycles. The minimum Gasteiger partial charge on any atom is -0.473 e. The number of benzene rings is 2. The van der Waals surface area contributed by atoms with Gasteiger partial charge >= 0.3 is 5.69 Å². The molecule has 31 heavy (non-hydrogen) atoms. The molecule has 0 spiro atoms. The fraction of sp³-hybridized carbons (Fsp3) is 0.333. The van der Waals surface area contributed by atoms with Crippen LogP contribution in [0.1, 0.15) is 23.6 Å². The van der Waals surface area contributed by atoms with Crippen LogP contribution < -0.4 is 16.0 Å². The van der Waals surface area contributed by atoms with E-state index < -0.39 is 11.2 Å². The normalized spacial score (nSPS) is 23.9. The van der Waals surface area contributed by atoms with E-state index in [-0.39, 0.29) is 24.2 Å². The molecule has 3 aromatic rings. The van der Waals surface area contributed by atoms with Gasteiger partial charge in [0.1, 0.15) is 6.10 Å². The van der Waals surface area contributed by atoms with E-state index in [2.05, 4.69) is 4.98 Å². The largest absolute Gasteiger partial charge is 0.473 e. The Morgan fingerprint density at radius 2 is 1.65 bits per heavy atom. The van der Waals surface area contributed by atoms with Gasteiger partial charge in [-0.25, -0.2) is 4.79 Å². The van der Waals surface area contributed by atoms with Gasteiger partial charge in [0, 0.05) is 5.92 Å². The number of nitrogens with zero attached hydrogens (tertiary/aromatic N) is 1. The van der Waals surface area contributed by atoms with Gasteiger partial charge in [0.05, 0.1) is 38.0 Å². The van der Waals surface area contributed by atoms with Crippen molar-refractivity contribution in [2.75, 3.05) is 6.61 Å². The van der Waals surface area contributed by atoms with Crippen LogP contribution in [0.2, 0.25) is 0 Å². The SMILES string of the molecule is O=c1cc2n(c(=O)[nH]1)[C@@H]1C[C@@H](OCc3ccccc3)[C@H](COCc3ccccc3)[C@@H]1O2. The molecule has 160 valence electrons. The summed E-state index contributed by atoms with van der Waals surface area (Å²) in [5.74, 6) is 0.255. The monoisotopic (exact) mass is 420 g/mol. The van der Waals surface area contributed by atoms with E-state index in [4.69, 9.17) is 14.2 Å². The van der Waals surface area contributed by atoms with Crippen molar-refractivity contribution in [2.24, 2.45) is 5.92 Å². The van der Waals surface area contributed by atoms with Gasteiger partial charge in [-0.2, -0.15) is 0 Å². The van der Waals surface area contributed by atoms with Crippen LogP contribution in [0.25, 0.3) is 0 Å². The standard InChI is InChI=1S/C24H24N2O5/c27-21-12-22-26(24(28)25-21)19-11-20(30-14-17-9-5-2-6-10-17)18(23(19)31-22)15-29-13-16-7-3-1-4-8-16/h1-10,12,18-20,23H,11,13-15H2,(H,25,27,28)/t18-,19+,20+,23-/m0/s1. The Labute approximate surface area is 179 Å². The summed E-state index contributed by atoms with van der Waals surface area (Å²) in [7, 11) is 0. The smallest absolute Gasteiger partial charge is 0.331 e. The molecular weight excluding hydrogens is 396 g/mol. The van der Waals surface area contributed by atoms with Crippen LogP contribution in [-0.4, -0.2) is 28.4 Å². The molecule has 2 heterocycles. The van der Waals surface area contributed by atoms with E-state index in [0.29, 0.717) is 32.1 Å². The highest BCUT2D eigenvalue weighted by Gasteiger charge is 2.51. The Morgan fingerprint density at radius 3 is 2.35 bits per heavy atom. The topological polar surface area (TPSA) is 82.6 Å². The molecule has 1 fully saturated rings. The first kappa shape index (κ1) is 19.8. The zero-order valence-corrected chi connectivity index (χ0v) is 17.0. The first-order valence-electron chi connectivity index (χ1n) is 10.5. The summed E-state index contributed by atoms with van der Waals surface area (Å²) in [5, 5.41) is 0. The molecule has 0 amide bonds. The summed E-state index contributed by atoms with van der Waals surface area (Å²) >= 11 is 0. The maximum Gasteiger partial charge on any atom is 0.331 e. The quantitative estimate of drug-likeness (QED) is 0.636. The molecule has 0 radical (unpaired) electrons. The fourth-order valence-electron chi connectivity index (χ4n) is 4.55. The fourth-order valence-corrected chi connectivity index (χ4v) is 4.55. The molecule has 1 N–H and O–H groups in total. The summed E-state index contributed by atoms with van der Waals surface area (Å²) in [6.07, 6.45) is 0.216. The van der Waals surface area contributed by atoms with Crippen LogP contribution in [0.5, 0.6) is 5.88 Å². The third kappa shape index (κ3) is 4.06. The van der Waals surface area contributed by atoms with Gasteiger partial charge in [0.15, 0.2) is 0 Å². The molecular formula is C24H24N2O5. The summed E-state index contributed by atoms with van der Waals surface area (Å²) in [4.78, 5) is 26.5. The van der Waals surface area contributed by atoms with Gasteiger partial charge in [0.2, 0.25) is 5.88 Å². The van der Waals surface area contributed by atoms with Crippen molar-refractivity contribution in [3.63, 3.8) is 0 Å². The Hall–Kier alpha value is -3.16. The summed E-state index contributed by atoms with van der Waals surface area (Å²) < 4.78 is 19.9. The van der Waals surface area contributed by atoms with E-state index in [0.717, 1.165) is 11.1 Å². The van der Waals surface area contributed by atoms with Crippen molar-refractivity contribution in [1.29, 1.82) is 0 Å². The minimum atomic E-state index is -0.454. The maximum atomic E-state index is 12.4. The number of hydrogen-bond donors (Lipinski definition) is 1. The second-order valence-electron chi connectivity index (χ2n) is 8.03. The molecule has 0 saturated heterocycles. The molecule has 1 aromatic heterocycles. The van der Waals surface area contributed by atoms with Crippen LogP contribution in [-0.2, 0) is 22.7 Å². The van der Waals surface area contributed by atoms with Crippen molar-refractivity contribution >= 4 is 0 Å². The molecule has 0 unspecified atom stereocenters. The second-order valence-corrected chi connectivity index (χ2v) is 8.03. The van der Waals surface area contributed by atoms with Gasteiger partial charge < -0.3 is 14.2 Å². The average molecular weight is 420 g/mol. The van der Waals surface area contributed by atoms with Gasteiger partial charge in [-0.3, -0.25) is 14.3 Å². The number of nitrogens with one attached hydrogen (secondary N) is 1. The molecule has 1 aliphatic carbocycles. The highest BCUT2D eigenvalue weighted by molar-refractivity contribution is 5.20. The van der Waals surface area contributed by atoms with Crippen LogP contribution >= 0.6 is 0 Å². The molecule has 1 aliphatic heterocycles. The zero-order valence-electron chi connectivity index (χ0n) is 17.0. The van der Waals surface area contributed by atoms with Crippen molar-refractivity contribution in [3.8, 4) is 5.88 Å². The van der Waals surface area contributed by atoms with E-state index >= 15 is 0 Å². The summed E-state index contributed by atoms with van der Waals surface area (Å²) in [5.41, 5.74) is 1.29. The second kappa shape index (κ2) is 8.53. The van der Waals surface area contributed by atoms with Crippen LogP contribution in [0.3, 0.4) is 0 Å². The van der Waals surface area contributed by atoms with Crippen molar-refractivity contribution in [3.05, 3.63) is 98.7 Å². The highest BCUT2D eigenvalue weighted by Crippen LogP contribution is 2.44. The number of fused-ring (bicyclic) bond motifs is 3. The lowest BCUT2D eigenvalue weighted by Crippen LogP contribution is -2.33. The predicted octanol–water partition coefficient (Wildman–Crippen LogP) is 2.66. The number of aromatic nitrogens is 2. The van der Waals surface area contributed by atoms with Gasteiger partial charge in [-0.05, 0) is 17.5 Å². The van der Waals surface area contributed by atoms with Crippen molar-refractivity contribution in [1.82, 2.24) is 9.55 Å². The lowest BCUT2D eigenvalue weighted by Gasteiger charge is -2.24. The number of aromatic amines is 1. The molecule has 4 atom stereocenters. The number of H-pyrrole nitrogens is 1. The van der Waals surface area contributed by atoms with Crippen molar-refractivity contribution < 1.29 is 14.2 Å². The first-order chi connectivity index (χ1) is 15.2. The third-order valence-corrected chi connectivity index (χ3v) is 6.01. The Kier molecular flexibility index (Phi) is 5.44. The highest BCUT2D eigenvalue weighted by atomic mass is 16.5. The molecule has 5 rings (SSSR count). The van der Waals surface area contributed by atoms with Crippen LogP contribution in [0.15, 0.2) is 76.3 Å². The molecule has 7 heteroatoms. The van der Waals surface area contributed by atoms with E-state index in [1.165, 1.54) is 6.07 Å². The molecule has 7 nitrogen and oxygen atoms in total.